The highest BCUT2D eigenvalue weighted by molar-refractivity contribution is 5.84. The molecule has 1 aromatic heterocycles. The van der Waals surface area contributed by atoms with Crippen LogP contribution >= 0.6 is 0 Å². The van der Waals surface area contributed by atoms with Gasteiger partial charge in [-0.3, -0.25) is 9.48 Å². The van der Waals surface area contributed by atoms with Crippen LogP contribution in [0.15, 0.2) is 18.5 Å². The average Bonchev–Trinajstić information content (AvgIpc) is 2.68. The summed E-state index contributed by atoms with van der Waals surface area (Å²) in [5, 5.41) is 15.3. The largest absolute Gasteiger partial charge is 0.480 e. The number of nitrogens with zero attached hydrogens (tertiary/aromatic N) is 2. The number of rotatable bonds is 5. The van der Waals surface area contributed by atoms with E-state index in [1.54, 1.807) is 32.3 Å². The van der Waals surface area contributed by atoms with Crippen LogP contribution in [-0.2, 0) is 16.1 Å². The highest BCUT2D eigenvalue weighted by Crippen LogP contribution is 1.96. The molecule has 1 aromatic rings. The lowest BCUT2D eigenvalue weighted by atomic mass is 10.2. The molecule has 0 fully saturated rings. The molecule has 0 aliphatic heterocycles. The van der Waals surface area contributed by atoms with E-state index in [2.05, 4.69) is 10.4 Å². The molecule has 0 radical (unpaired) electrons. The van der Waals surface area contributed by atoms with Crippen molar-refractivity contribution in [2.75, 3.05) is 0 Å². The Kier molecular flexibility index (Phi) is 4.04. The quantitative estimate of drug-likeness (QED) is 0.744. The van der Waals surface area contributed by atoms with Crippen molar-refractivity contribution in [3.63, 3.8) is 0 Å². The first-order valence-corrected chi connectivity index (χ1v) is 5.01. The van der Waals surface area contributed by atoms with E-state index in [4.69, 9.17) is 5.11 Å². The molecule has 2 N–H and O–H groups in total. The van der Waals surface area contributed by atoms with Gasteiger partial charge in [-0.05, 0) is 6.07 Å². The summed E-state index contributed by atoms with van der Waals surface area (Å²) in [6.45, 7) is 3.55. The van der Waals surface area contributed by atoms with E-state index in [1.165, 1.54) is 4.68 Å². The molecule has 6 nitrogen and oxygen atoms in total. The summed E-state index contributed by atoms with van der Waals surface area (Å²) in [5.41, 5.74) is 0. The predicted molar refractivity (Wildman–Crippen MR) is 56.6 cm³/mol. The normalized spacial score (nSPS) is 12.4. The molecule has 0 bridgehead atoms. The minimum atomic E-state index is -1.07. The Labute approximate surface area is 93.3 Å². The number of amides is 1. The van der Waals surface area contributed by atoms with E-state index in [1.807, 2.05) is 0 Å². The third kappa shape index (κ3) is 3.38. The molecule has 1 atom stereocenters. The number of hydrogen-bond donors (Lipinski definition) is 2. The zero-order valence-electron chi connectivity index (χ0n) is 9.25. The van der Waals surface area contributed by atoms with Gasteiger partial charge in [0.2, 0.25) is 5.91 Å². The standard InChI is InChI=1S/C10H15N3O3/c1-7(2)9(14)12-8(10(15)16)6-13-5-3-4-11-13/h3-5,7-8H,6H2,1-2H3,(H,12,14)(H,15,16)/t8-/m0/s1. The Balaban J connectivity index is 2.62. The smallest absolute Gasteiger partial charge is 0.328 e. The van der Waals surface area contributed by atoms with Gasteiger partial charge >= 0.3 is 5.97 Å². The number of carboxylic acid groups (broad SMARTS) is 1. The molecule has 16 heavy (non-hydrogen) atoms. The highest BCUT2D eigenvalue weighted by atomic mass is 16.4. The van der Waals surface area contributed by atoms with Gasteiger partial charge in [0, 0.05) is 18.3 Å². The number of aromatic nitrogens is 2. The Morgan fingerprint density at radius 3 is 2.62 bits per heavy atom. The molecule has 88 valence electrons. The molecular formula is C10H15N3O3. The van der Waals surface area contributed by atoms with Crippen LogP contribution in [0.5, 0.6) is 0 Å². The fraction of sp³-hybridized carbons (Fsp3) is 0.500. The van der Waals surface area contributed by atoms with E-state index in [0.29, 0.717) is 0 Å². The molecule has 0 saturated carbocycles. The molecule has 0 spiro atoms. The summed E-state index contributed by atoms with van der Waals surface area (Å²) in [5.74, 6) is -1.58. The van der Waals surface area contributed by atoms with Gasteiger partial charge in [0.1, 0.15) is 6.04 Å². The van der Waals surface area contributed by atoms with Crippen molar-refractivity contribution in [2.24, 2.45) is 5.92 Å². The zero-order chi connectivity index (χ0) is 12.1. The lowest BCUT2D eigenvalue weighted by Crippen LogP contribution is -2.45. The zero-order valence-corrected chi connectivity index (χ0v) is 9.25. The summed E-state index contributed by atoms with van der Waals surface area (Å²) in [6.07, 6.45) is 3.21. The van der Waals surface area contributed by atoms with Crippen molar-refractivity contribution in [1.82, 2.24) is 15.1 Å². The van der Waals surface area contributed by atoms with Gasteiger partial charge in [-0.2, -0.15) is 5.10 Å². The van der Waals surface area contributed by atoms with Gasteiger partial charge < -0.3 is 10.4 Å². The van der Waals surface area contributed by atoms with Gasteiger partial charge in [0.25, 0.3) is 0 Å². The van der Waals surface area contributed by atoms with E-state index < -0.39 is 12.0 Å². The van der Waals surface area contributed by atoms with E-state index in [0.717, 1.165) is 0 Å². The van der Waals surface area contributed by atoms with Crippen molar-refractivity contribution in [3.05, 3.63) is 18.5 Å². The molecule has 0 unspecified atom stereocenters. The van der Waals surface area contributed by atoms with Gasteiger partial charge in [-0.1, -0.05) is 13.8 Å². The van der Waals surface area contributed by atoms with Crippen LogP contribution in [0.2, 0.25) is 0 Å². The van der Waals surface area contributed by atoms with Crippen LogP contribution in [-0.4, -0.2) is 32.8 Å². The Morgan fingerprint density at radius 2 is 2.19 bits per heavy atom. The van der Waals surface area contributed by atoms with E-state index in [9.17, 15) is 9.59 Å². The second kappa shape index (κ2) is 5.29. The van der Waals surface area contributed by atoms with Crippen LogP contribution < -0.4 is 5.32 Å². The third-order valence-electron chi connectivity index (χ3n) is 2.07. The average molecular weight is 225 g/mol. The van der Waals surface area contributed by atoms with Crippen molar-refractivity contribution in [3.8, 4) is 0 Å². The lowest BCUT2D eigenvalue weighted by Gasteiger charge is -2.15. The SMILES string of the molecule is CC(C)C(=O)N[C@@H](Cn1cccn1)C(=O)O. The molecule has 1 heterocycles. The number of aliphatic carboxylic acids is 1. The second-order valence-corrected chi connectivity index (χ2v) is 3.78. The fourth-order valence-electron chi connectivity index (χ4n) is 1.12. The minimum Gasteiger partial charge on any atom is -0.480 e. The number of carbonyl (C=O) groups is 2. The predicted octanol–water partition coefficient (Wildman–Crippen LogP) is 0.108. The van der Waals surface area contributed by atoms with Crippen LogP contribution in [0.4, 0.5) is 0 Å². The van der Waals surface area contributed by atoms with Gasteiger partial charge in [0.05, 0.1) is 6.54 Å². The number of hydrogen-bond acceptors (Lipinski definition) is 3. The fourth-order valence-corrected chi connectivity index (χ4v) is 1.12. The molecule has 6 heteroatoms. The maximum absolute atomic E-state index is 11.4. The molecule has 0 aromatic carbocycles. The summed E-state index contributed by atoms with van der Waals surface area (Å²) in [6, 6.07) is 0.748. The third-order valence-corrected chi connectivity index (χ3v) is 2.07. The molecular weight excluding hydrogens is 210 g/mol. The molecule has 0 aliphatic rings. The second-order valence-electron chi connectivity index (χ2n) is 3.78. The van der Waals surface area contributed by atoms with Crippen LogP contribution in [0.1, 0.15) is 13.8 Å². The number of carboxylic acids is 1. The summed E-state index contributed by atoms with van der Waals surface area (Å²) in [4.78, 5) is 22.3. The lowest BCUT2D eigenvalue weighted by molar-refractivity contribution is -0.142. The van der Waals surface area contributed by atoms with Crippen LogP contribution in [0, 0.1) is 5.92 Å². The first-order valence-electron chi connectivity index (χ1n) is 5.01. The van der Waals surface area contributed by atoms with Crippen LogP contribution in [0.25, 0.3) is 0 Å². The Morgan fingerprint density at radius 1 is 1.50 bits per heavy atom. The van der Waals surface area contributed by atoms with E-state index in [-0.39, 0.29) is 18.4 Å². The van der Waals surface area contributed by atoms with Crippen molar-refractivity contribution in [2.45, 2.75) is 26.4 Å². The molecule has 1 amide bonds. The Hall–Kier alpha value is -1.85. The van der Waals surface area contributed by atoms with Gasteiger partial charge in [-0.25, -0.2) is 4.79 Å². The maximum atomic E-state index is 11.4. The minimum absolute atomic E-state index is 0.126. The van der Waals surface area contributed by atoms with Crippen LogP contribution in [0.3, 0.4) is 0 Å². The van der Waals surface area contributed by atoms with E-state index >= 15 is 0 Å². The Bertz CT molecular complexity index is 359. The highest BCUT2D eigenvalue weighted by Gasteiger charge is 2.21. The topological polar surface area (TPSA) is 84.2 Å². The molecule has 1 rings (SSSR count). The van der Waals surface area contributed by atoms with Crippen molar-refractivity contribution >= 4 is 11.9 Å². The summed E-state index contributed by atoms with van der Waals surface area (Å²) < 4.78 is 1.47. The number of nitrogens with one attached hydrogen (secondary N) is 1. The first kappa shape index (κ1) is 12.2. The summed E-state index contributed by atoms with van der Waals surface area (Å²) >= 11 is 0. The van der Waals surface area contributed by atoms with Crippen molar-refractivity contribution in [1.29, 1.82) is 0 Å². The number of carbonyl (C=O) groups excluding carboxylic acids is 1. The van der Waals surface area contributed by atoms with Gasteiger partial charge in [-0.15, -0.1) is 0 Å². The molecule has 0 saturated heterocycles. The monoisotopic (exact) mass is 225 g/mol. The molecule has 0 aliphatic carbocycles. The van der Waals surface area contributed by atoms with Gasteiger partial charge in [0.15, 0.2) is 0 Å². The first-order chi connectivity index (χ1) is 7.50. The summed E-state index contributed by atoms with van der Waals surface area (Å²) in [7, 11) is 0. The maximum Gasteiger partial charge on any atom is 0.328 e. The van der Waals surface area contributed by atoms with Crippen molar-refractivity contribution < 1.29 is 14.7 Å².